The Bertz CT molecular complexity index is 621. The van der Waals surface area contributed by atoms with Crippen LogP contribution in [0.25, 0.3) is 0 Å². The van der Waals surface area contributed by atoms with E-state index in [0.717, 1.165) is 0 Å². The zero-order valence-electron chi connectivity index (χ0n) is 10.1. The fourth-order valence-corrected chi connectivity index (χ4v) is 1.58. The highest BCUT2D eigenvalue weighted by Gasteiger charge is 2.18. The predicted molar refractivity (Wildman–Crippen MR) is 65.0 cm³/mol. The number of carbonyl (C=O) groups is 2. The molecule has 2 rings (SSSR count). The molecule has 0 saturated carbocycles. The lowest BCUT2D eigenvalue weighted by molar-refractivity contribution is 0.0691. The van der Waals surface area contributed by atoms with Crippen molar-refractivity contribution in [3.8, 4) is 0 Å². The van der Waals surface area contributed by atoms with Crippen molar-refractivity contribution in [3.05, 3.63) is 41.7 Å². The van der Waals surface area contributed by atoms with E-state index in [2.05, 4.69) is 15.3 Å². The number of nitrogens with zero attached hydrogens (tertiary/aromatic N) is 2. The molecule has 98 valence electrons. The molecule has 0 fully saturated rings. The molecule has 0 radical (unpaired) electrons. The van der Waals surface area contributed by atoms with Gasteiger partial charge >= 0.3 is 5.97 Å². The van der Waals surface area contributed by atoms with Crippen molar-refractivity contribution in [2.24, 2.45) is 0 Å². The molecule has 0 spiro atoms. The third kappa shape index (κ3) is 2.59. The monoisotopic (exact) mass is 261 g/mol. The Morgan fingerprint density at radius 2 is 2.11 bits per heavy atom. The van der Waals surface area contributed by atoms with Gasteiger partial charge in [-0.3, -0.25) is 4.79 Å². The number of carboxylic acid groups (broad SMARTS) is 1. The van der Waals surface area contributed by atoms with Crippen LogP contribution in [0.15, 0.2) is 29.1 Å². The Labute approximate surface area is 108 Å². The van der Waals surface area contributed by atoms with E-state index < -0.39 is 11.9 Å². The van der Waals surface area contributed by atoms with Gasteiger partial charge in [0.25, 0.3) is 5.91 Å². The van der Waals surface area contributed by atoms with Crippen LogP contribution in [0.3, 0.4) is 0 Å². The predicted octanol–water partition coefficient (Wildman–Crippen LogP) is 1.58. The van der Waals surface area contributed by atoms with Crippen LogP contribution in [-0.4, -0.2) is 27.0 Å². The SMILES string of the molecule is CCc1occc1C(=O)Nc1nccnc1C(=O)O. The van der Waals surface area contributed by atoms with E-state index in [1.165, 1.54) is 24.7 Å². The fraction of sp³-hybridized carbons (Fsp3) is 0.167. The largest absolute Gasteiger partial charge is 0.476 e. The number of hydrogen-bond acceptors (Lipinski definition) is 5. The summed E-state index contributed by atoms with van der Waals surface area (Å²) in [5, 5.41) is 11.4. The zero-order chi connectivity index (χ0) is 13.8. The van der Waals surface area contributed by atoms with Gasteiger partial charge in [-0.15, -0.1) is 0 Å². The first-order valence-corrected chi connectivity index (χ1v) is 5.55. The molecule has 0 aliphatic heterocycles. The van der Waals surface area contributed by atoms with Gasteiger partial charge in [-0.05, 0) is 6.07 Å². The topological polar surface area (TPSA) is 105 Å². The smallest absolute Gasteiger partial charge is 0.358 e. The molecule has 2 N–H and O–H groups in total. The molecule has 7 nitrogen and oxygen atoms in total. The van der Waals surface area contributed by atoms with Crippen molar-refractivity contribution >= 4 is 17.7 Å². The molecule has 0 saturated heterocycles. The third-order valence-electron chi connectivity index (χ3n) is 2.44. The average molecular weight is 261 g/mol. The zero-order valence-corrected chi connectivity index (χ0v) is 10.1. The quantitative estimate of drug-likeness (QED) is 0.865. The first-order chi connectivity index (χ1) is 9.13. The third-order valence-corrected chi connectivity index (χ3v) is 2.44. The van der Waals surface area contributed by atoms with Crippen molar-refractivity contribution in [2.75, 3.05) is 5.32 Å². The van der Waals surface area contributed by atoms with Gasteiger partial charge < -0.3 is 14.8 Å². The second-order valence-electron chi connectivity index (χ2n) is 3.62. The molecule has 1 amide bonds. The van der Waals surface area contributed by atoms with Crippen molar-refractivity contribution in [2.45, 2.75) is 13.3 Å². The summed E-state index contributed by atoms with van der Waals surface area (Å²) in [6.07, 6.45) is 4.51. The van der Waals surface area contributed by atoms with Crippen molar-refractivity contribution in [3.63, 3.8) is 0 Å². The maximum Gasteiger partial charge on any atom is 0.358 e. The summed E-state index contributed by atoms with van der Waals surface area (Å²) in [5.41, 5.74) is 0.0434. The molecule has 2 aromatic heterocycles. The van der Waals surface area contributed by atoms with Gasteiger partial charge in [0.2, 0.25) is 0 Å². The molecule has 0 atom stereocenters. The summed E-state index contributed by atoms with van der Waals surface area (Å²) in [5.74, 6) is -1.30. The van der Waals surface area contributed by atoms with E-state index in [0.29, 0.717) is 17.7 Å². The van der Waals surface area contributed by atoms with Crippen LogP contribution < -0.4 is 5.32 Å². The van der Waals surface area contributed by atoms with E-state index in [1.54, 1.807) is 0 Å². The minimum absolute atomic E-state index is 0.0942. The van der Waals surface area contributed by atoms with Gasteiger partial charge in [0.15, 0.2) is 11.5 Å². The van der Waals surface area contributed by atoms with Crippen molar-refractivity contribution in [1.82, 2.24) is 9.97 Å². The molecule has 0 unspecified atom stereocenters. The molecular weight excluding hydrogens is 250 g/mol. The van der Waals surface area contributed by atoms with Crippen molar-refractivity contribution in [1.29, 1.82) is 0 Å². The highest BCUT2D eigenvalue weighted by molar-refractivity contribution is 6.06. The summed E-state index contributed by atoms with van der Waals surface area (Å²) >= 11 is 0. The molecule has 2 aromatic rings. The lowest BCUT2D eigenvalue weighted by atomic mass is 10.2. The molecule has 0 aromatic carbocycles. The number of aromatic nitrogens is 2. The Kier molecular flexibility index (Phi) is 3.56. The Balaban J connectivity index is 2.27. The van der Waals surface area contributed by atoms with E-state index in [4.69, 9.17) is 9.52 Å². The van der Waals surface area contributed by atoms with E-state index in [9.17, 15) is 9.59 Å². The van der Waals surface area contributed by atoms with E-state index in [1.807, 2.05) is 6.92 Å². The lowest BCUT2D eigenvalue weighted by Crippen LogP contribution is -2.17. The number of anilines is 1. The van der Waals surface area contributed by atoms with E-state index in [-0.39, 0.29) is 11.5 Å². The summed E-state index contributed by atoms with van der Waals surface area (Å²) in [7, 11) is 0. The number of carboxylic acids is 1. The number of aromatic carboxylic acids is 1. The molecule has 0 bridgehead atoms. The molecule has 7 heteroatoms. The van der Waals surface area contributed by atoms with Crippen LogP contribution in [0.5, 0.6) is 0 Å². The molecule has 0 aliphatic rings. The second kappa shape index (κ2) is 5.30. The average Bonchev–Trinajstić information content (AvgIpc) is 2.87. The van der Waals surface area contributed by atoms with Crippen LogP contribution in [0, 0.1) is 0 Å². The minimum Gasteiger partial charge on any atom is -0.476 e. The summed E-state index contributed by atoms with van der Waals surface area (Å²) in [6, 6.07) is 1.52. The highest BCUT2D eigenvalue weighted by atomic mass is 16.4. The number of carbonyl (C=O) groups excluding carboxylic acids is 1. The van der Waals surface area contributed by atoms with Crippen molar-refractivity contribution < 1.29 is 19.1 Å². The maximum absolute atomic E-state index is 12.0. The van der Waals surface area contributed by atoms with Crippen LogP contribution in [0.2, 0.25) is 0 Å². The van der Waals surface area contributed by atoms with Gasteiger partial charge in [0.05, 0.1) is 11.8 Å². The van der Waals surface area contributed by atoms with E-state index >= 15 is 0 Å². The number of amides is 1. The minimum atomic E-state index is -1.26. The highest BCUT2D eigenvalue weighted by Crippen LogP contribution is 2.15. The number of aryl methyl sites for hydroxylation is 1. The molecular formula is C12H11N3O4. The van der Waals surface area contributed by atoms with Gasteiger partial charge in [0, 0.05) is 18.8 Å². The maximum atomic E-state index is 12.0. The molecule has 2 heterocycles. The Morgan fingerprint density at radius 1 is 1.37 bits per heavy atom. The van der Waals surface area contributed by atoms with Crippen LogP contribution in [0.4, 0.5) is 5.82 Å². The Morgan fingerprint density at radius 3 is 2.79 bits per heavy atom. The second-order valence-corrected chi connectivity index (χ2v) is 3.62. The summed E-state index contributed by atoms with van der Waals surface area (Å²) in [4.78, 5) is 30.4. The van der Waals surface area contributed by atoms with Gasteiger partial charge in [0.1, 0.15) is 5.76 Å². The molecule has 0 aliphatic carbocycles. The Hall–Kier alpha value is -2.70. The van der Waals surface area contributed by atoms with Crippen LogP contribution in [-0.2, 0) is 6.42 Å². The first-order valence-electron chi connectivity index (χ1n) is 5.55. The van der Waals surface area contributed by atoms with Gasteiger partial charge in [-0.2, -0.15) is 0 Å². The summed E-state index contributed by atoms with van der Waals surface area (Å²) in [6.45, 7) is 1.85. The number of furan rings is 1. The fourth-order valence-electron chi connectivity index (χ4n) is 1.58. The number of hydrogen-bond donors (Lipinski definition) is 2. The van der Waals surface area contributed by atoms with Gasteiger partial charge in [-0.1, -0.05) is 6.92 Å². The number of rotatable bonds is 4. The molecule has 19 heavy (non-hydrogen) atoms. The summed E-state index contributed by atoms with van der Waals surface area (Å²) < 4.78 is 5.14. The lowest BCUT2D eigenvalue weighted by Gasteiger charge is -2.05. The number of nitrogens with one attached hydrogen (secondary N) is 1. The van der Waals surface area contributed by atoms with Gasteiger partial charge in [-0.25, -0.2) is 14.8 Å². The first kappa shape index (κ1) is 12.7. The van der Waals surface area contributed by atoms with Crippen LogP contribution in [0.1, 0.15) is 33.5 Å². The van der Waals surface area contributed by atoms with Crippen LogP contribution >= 0.6 is 0 Å². The normalized spacial score (nSPS) is 10.2. The standard InChI is InChI=1S/C12H11N3O4/c1-2-8-7(3-6-19-8)11(16)15-10-9(12(17)18)13-4-5-14-10/h3-6H,2H2,1H3,(H,17,18)(H,14,15,16).